The molecule has 3 amide bonds. The van der Waals surface area contributed by atoms with Crippen LogP contribution in [0.1, 0.15) is 74.0 Å². The Labute approximate surface area is 484 Å². The van der Waals surface area contributed by atoms with E-state index in [1.165, 1.54) is 46.8 Å². The summed E-state index contributed by atoms with van der Waals surface area (Å²) >= 11 is 7.60. The van der Waals surface area contributed by atoms with Crippen molar-refractivity contribution in [3.05, 3.63) is 136 Å². The molecule has 4 N–H and O–H groups in total. The van der Waals surface area contributed by atoms with Crippen molar-refractivity contribution < 1.29 is 48.8 Å². The molecule has 17 nitrogen and oxygen atoms in total. The lowest BCUT2D eigenvalue weighted by Crippen LogP contribution is -2.47. The maximum atomic E-state index is 15.6. The van der Waals surface area contributed by atoms with Gasteiger partial charge in [0.05, 0.1) is 22.5 Å². The maximum Gasteiger partial charge on any atom is 0.501 e. The van der Waals surface area contributed by atoms with Crippen molar-refractivity contribution >= 4 is 83.6 Å². The Morgan fingerprint density at radius 1 is 0.841 bits per heavy atom. The van der Waals surface area contributed by atoms with Crippen LogP contribution in [0.4, 0.5) is 34.6 Å². The number of allylic oxidation sites excluding steroid dienone is 1. The number of sulfone groups is 1. The third kappa shape index (κ3) is 15.1. The standard InChI is InChI=1S/C57H65ClF4N10O7S3/c1-56(2)22-20-46(38-8-12-41(58)13-9-38)40(33-56)35-70-28-30-72(31-29-70)43-14-10-39(11-15-43)54(74)68-82(78,79)45-16-17-47(51(32-45)81(76,77)57(60,61)62)64-42(37-80-44-6-4-3-5-7-44)21-23-69-24-26-71(27-25-69)36-50-53(59)49(34-63-67-50)65-48-18-19-52(73)66-55(48)75/h3-17,32,34,42,48,64H,18-31,33,35-37H2,1-2H3,(H,65,67)(H,68,74)(H,66,73,75)/t42-,48?/m1/s1. The number of amides is 3. The number of nitrogens with zero attached hydrogens (tertiary/aromatic N) is 6. The second-order valence-corrected chi connectivity index (χ2v) is 26.9. The fraction of sp³-hybridized carbons (Fsp3) is 0.421. The molecular formula is C57H65ClF4N10O7S3. The van der Waals surface area contributed by atoms with Gasteiger partial charge in [0, 0.05) is 111 Å². The van der Waals surface area contributed by atoms with Gasteiger partial charge in [0.1, 0.15) is 16.6 Å². The van der Waals surface area contributed by atoms with Gasteiger partial charge in [0.2, 0.25) is 11.8 Å². The van der Waals surface area contributed by atoms with Crippen LogP contribution in [0.2, 0.25) is 5.02 Å². The SMILES string of the molecule is CC1(C)CCC(c2ccc(Cl)cc2)=C(CN2CCN(c3ccc(C(=O)NS(=O)(=O)c4ccc(N[C@H](CCN5CCN(Cc6nncc(NC7CCC(=O)NC7=O)c6F)CC5)CSc5ccccc5)c(S(=O)(=O)C(F)(F)F)c4)cc3)CC2)C1. The summed E-state index contributed by atoms with van der Waals surface area (Å²) in [4.78, 5) is 44.7. The van der Waals surface area contributed by atoms with Crippen molar-refractivity contribution in [1.82, 2.24) is 34.9 Å². The first-order valence-corrected chi connectivity index (χ1v) is 31.4. The van der Waals surface area contributed by atoms with E-state index in [2.05, 4.69) is 66.8 Å². The molecule has 4 aliphatic rings. The molecule has 2 atom stereocenters. The number of nitrogens with one attached hydrogen (secondary N) is 4. The lowest BCUT2D eigenvalue weighted by atomic mass is 9.73. The molecule has 3 aliphatic heterocycles. The predicted octanol–water partition coefficient (Wildman–Crippen LogP) is 8.47. The van der Waals surface area contributed by atoms with E-state index >= 15 is 4.39 Å². The number of anilines is 3. The van der Waals surface area contributed by atoms with Crippen LogP contribution < -0.4 is 25.6 Å². The molecule has 4 heterocycles. The molecule has 3 saturated heterocycles. The minimum atomic E-state index is -6.16. The van der Waals surface area contributed by atoms with E-state index in [-0.39, 0.29) is 47.5 Å². The molecule has 0 radical (unpaired) electrons. The van der Waals surface area contributed by atoms with E-state index in [0.29, 0.717) is 63.3 Å². The number of halogens is 5. The summed E-state index contributed by atoms with van der Waals surface area (Å²) in [6.07, 6.45) is 4.89. The van der Waals surface area contributed by atoms with Crippen molar-refractivity contribution in [3.8, 4) is 0 Å². The van der Waals surface area contributed by atoms with Crippen LogP contribution in [-0.4, -0.2) is 148 Å². The normalized spacial score (nSPS) is 19.2. The quantitative estimate of drug-likeness (QED) is 0.0328. The fourth-order valence-electron chi connectivity index (χ4n) is 10.7. The number of alkyl halides is 3. The van der Waals surface area contributed by atoms with Crippen LogP contribution in [0, 0.1) is 11.2 Å². The number of rotatable bonds is 20. The Kier molecular flexibility index (Phi) is 19.0. The monoisotopic (exact) mass is 1210 g/mol. The molecule has 1 unspecified atom stereocenters. The zero-order chi connectivity index (χ0) is 58.4. The van der Waals surface area contributed by atoms with Crippen molar-refractivity contribution in [2.24, 2.45) is 5.41 Å². The maximum absolute atomic E-state index is 15.6. The highest BCUT2D eigenvalue weighted by Crippen LogP contribution is 2.43. The van der Waals surface area contributed by atoms with Crippen molar-refractivity contribution in [1.29, 1.82) is 0 Å². The molecule has 1 aromatic heterocycles. The number of thioether (sulfide) groups is 1. The van der Waals surface area contributed by atoms with Gasteiger partial charge in [-0.3, -0.25) is 29.5 Å². The third-order valence-electron chi connectivity index (χ3n) is 15.3. The molecule has 4 aromatic carbocycles. The molecular weight excluding hydrogens is 1140 g/mol. The zero-order valence-electron chi connectivity index (χ0n) is 45.4. The summed E-state index contributed by atoms with van der Waals surface area (Å²) in [6, 6.07) is 24.4. The number of hydrogen-bond donors (Lipinski definition) is 4. The molecule has 5 aromatic rings. The first-order chi connectivity index (χ1) is 39.0. The average Bonchev–Trinajstić information content (AvgIpc) is 3.19. The number of hydrogen-bond acceptors (Lipinski definition) is 16. The van der Waals surface area contributed by atoms with Gasteiger partial charge in [0.25, 0.3) is 25.8 Å². The summed E-state index contributed by atoms with van der Waals surface area (Å²) in [5.74, 6) is -2.43. The molecule has 438 valence electrons. The Morgan fingerprint density at radius 3 is 2.20 bits per heavy atom. The molecule has 25 heteroatoms. The summed E-state index contributed by atoms with van der Waals surface area (Å²) in [5.41, 5.74) is -1.27. The highest BCUT2D eigenvalue weighted by atomic mass is 35.5. The Balaban J connectivity index is 0.830. The van der Waals surface area contributed by atoms with Crippen molar-refractivity contribution in [3.63, 3.8) is 0 Å². The Bertz CT molecular complexity index is 3380. The third-order valence-corrected chi connectivity index (χ3v) is 19.6. The van der Waals surface area contributed by atoms with E-state index in [4.69, 9.17) is 11.6 Å². The van der Waals surface area contributed by atoms with Crippen LogP contribution in [0.5, 0.6) is 0 Å². The van der Waals surface area contributed by atoms with Gasteiger partial charge in [-0.2, -0.15) is 23.4 Å². The van der Waals surface area contributed by atoms with Gasteiger partial charge in [-0.05, 0) is 115 Å². The zero-order valence-corrected chi connectivity index (χ0v) is 48.6. The van der Waals surface area contributed by atoms with E-state index in [0.717, 1.165) is 61.6 Å². The van der Waals surface area contributed by atoms with Crippen molar-refractivity contribution in [2.75, 3.05) is 86.7 Å². The minimum absolute atomic E-state index is 0.0185. The number of carbonyl (C=O) groups excluding carboxylic acids is 3. The van der Waals surface area contributed by atoms with Gasteiger partial charge in [-0.25, -0.2) is 25.9 Å². The summed E-state index contributed by atoms with van der Waals surface area (Å²) in [5, 5.41) is 16.7. The number of carbonyl (C=O) groups is 3. The van der Waals surface area contributed by atoms with Crippen LogP contribution in [0.25, 0.3) is 5.57 Å². The minimum Gasteiger partial charge on any atom is -0.380 e. The van der Waals surface area contributed by atoms with Crippen LogP contribution in [0.15, 0.2) is 124 Å². The summed E-state index contributed by atoms with van der Waals surface area (Å²) < 4.78 is 115. The van der Waals surface area contributed by atoms with E-state index < -0.39 is 76.5 Å². The van der Waals surface area contributed by atoms with Crippen LogP contribution in [-0.2, 0) is 36.0 Å². The van der Waals surface area contributed by atoms with E-state index in [1.54, 1.807) is 12.1 Å². The molecule has 0 saturated carbocycles. The number of aromatic nitrogens is 2. The average molecular weight is 1210 g/mol. The van der Waals surface area contributed by atoms with E-state index in [1.807, 2.05) is 52.1 Å². The molecule has 9 rings (SSSR count). The lowest BCUT2D eigenvalue weighted by molar-refractivity contribution is -0.133. The van der Waals surface area contributed by atoms with Gasteiger partial charge < -0.3 is 20.4 Å². The van der Waals surface area contributed by atoms with Gasteiger partial charge in [0.15, 0.2) is 5.82 Å². The van der Waals surface area contributed by atoms with E-state index in [9.17, 15) is 44.4 Å². The van der Waals surface area contributed by atoms with Gasteiger partial charge in [-0.1, -0.05) is 61.4 Å². The second kappa shape index (κ2) is 25.8. The topological polar surface area (TPSA) is 206 Å². The molecule has 82 heavy (non-hydrogen) atoms. The number of piperidine rings is 1. The highest BCUT2D eigenvalue weighted by molar-refractivity contribution is 7.99. The largest absolute Gasteiger partial charge is 0.501 e. The highest BCUT2D eigenvalue weighted by Gasteiger charge is 2.48. The fourth-order valence-corrected chi connectivity index (χ4v) is 13.8. The Hall–Kier alpha value is -6.15. The predicted molar refractivity (Wildman–Crippen MR) is 308 cm³/mol. The Morgan fingerprint density at radius 2 is 1.51 bits per heavy atom. The summed E-state index contributed by atoms with van der Waals surface area (Å²) in [7, 11) is -11.1. The van der Waals surface area contributed by atoms with Gasteiger partial charge >= 0.3 is 5.51 Å². The molecule has 3 fully saturated rings. The smallest absolute Gasteiger partial charge is 0.380 e. The van der Waals surface area contributed by atoms with Crippen LogP contribution in [0.3, 0.4) is 0 Å². The molecule has 0 spiro atoms. The number of imide groups is 1. The lowest BCUT2D eigenvalue weighted by Gasteiger charge is -2.39. The first-order valence-electron chi connectivity index (χ1n) is 27.1. The van der Waals surface area contributed by atoms with Gasteiger partial charge in [-0.15, -0.1) is 11.8 Å². The number of sulfonamides is 1. The van der Waals surface area contributed by atoms with Crippen LogP contribution >= 0.6 is 23.4 Å². The summed E-state index contributed by atoms with van der Waals surface area (Å²) in [6.45, 7) is 11.0. The molecule has 1 aliphatic carbocycles. The second-order valence-electron chi connectivity index (χ2n) is 21.8. The molecule has 0 bridgehead atoms. The number of benzene rings is 4. The van der Waals surface area contributed by atoms with Crippen molar-refractivity contribution in [2.45, 2.75) is 91.2 Å². The first kappa shape index (κ1) is 60.4. The number of piperazine rings is 2.